The van der Waals surface area contributed by atoms with E-state index in [-0.39, 0.29) is 5.41 Å². The van der Waals surface area contributed by atoms with Crippen molar-refractivity contribution in [1.29, 1.82) is 0 Å². The third kappa shape index (κ3) is 3.28. The highest BCUT2D eigenvalue weighted by Gasteiger charge is 2.48. The van der Waals surface area contributed by atoms with E-state index in [0.29, 0.717) is 5.02 Å². The lowest BCUT2D eigenvalue weighted by Crippen LogP contribution is -2.41. The number of aliphatic hydroxyl groups is 1. The minimum absolute atomic E-state index is 0.380. The average molecular weight is 429 g/mol. The van der Waals surface area contributed by atoms with Crippen LogP contribution in [0.25, 0.3) is 5.57 Å². The fraction of sp³-hybridized carbons (Fsp3) is 0.241. The van der Waals surface area contributed by atoms with Gasteiger partial charge in [0.2, 0.25) is 0 Å². The van der Waals surface area contributed by atoms with Gasteiger partial charge in [-0.25, -0.2) is 0 Å². The second-order valence-electron chi connectivity index (χ2n) is 8.71. The highest BCUT2D eigenvalue weighted by atomic mass is 35.5. The van der Waals surface area contributed by atoms with Crippen molar-refractivity contribution in [3.8, 4) is 0 Å². The van der Waals surface area contributed by atoms with Gasteiger partial charge in [-0.2, -0.15) is 0 Å². The second kappa shape index (κ2) is 8.15. The molecule has 1 nitrogen and oxygen atoms in total. The van der Waals surface area contributed by atoms with Crippen LogP contribution in [0.5, 0.6) is 0 Å². The van der Waals surface area contributed by atoms with Crippen LogP contribution < -0.4 is 0 Å². The molecule has 0 saturated carbocycles. The van der Waals surface area contributed by atoms with E-state index in [0.717, 1.165) is 51.8 Å². The summed E-state index contributed by atoms with van der Waals surface area (Å²) in [7, 11) is 0. The Bertz CT molecular complexity index is 1160. The van der Waals surface area contributed by atoms with Gasteiger partial charge in [0.05, 0.1) is 0 Å². The molecule has 2 aromatic carbocycles. The first-order valence-electron chi connectivity index (χ1n) is 10.9. The maximum atomic E-state index is 12.6. The maximum Gasteiger partial charge on any atom is 0.141 e. The summed E-state index contributed by atoms with van der Waals surface area (Å²) < 4.78 is 0. The van der Waals surface area contributed by atoms with Crippen LogP contribution in [-0.2, 0) is 11.0 Å². The molecule has 31 heavy (non-hydrogen) atoms. The zero-order valence-electron chi connectivity index (χ0n) is 18.5. The number of hydrogen-bond acceptors (Lipinski definition) is 1. The molecule has 158 valence electrons. The summed E-state index contributed by atoms with van der Waals surface area (Å²) in [6, 6.07) is 14.0. The zero-order chi connectivity index (χ0) is 22.2. The fourth-order valence-corrected chi connectivity index (χ4v) is 5.56. The van der Waals surface area contributed by atoms with Crippen LogP contribution >= 0.6 is 11.6 Å². The maximum absolute atomic E-state index is 12.6. The Kier molecular flexibility index (Phi) is 5.68. The van der Waals surface area contributed by atoms with Crippen LogP contribution in [0.3, 0.4) is 0 Å². The minimum atomic E-state index is -1.37. The third-order valence-electron chi connectivity index (χ3n) is 6.54. The highest BCUT2D eigenvalue weighted by molar-refractivity contribution is 6.31. The molecule has 0 bridgehead atoms. The van der Waals surface area contributed by atoms with Gasteiger partial charge in [-0.15, -0.1) is 0 Å². The fourth-order valence-electron chi connectivity index (χ4n) is 5.15. The summed E-state index contributed by atoms with van der Waals surface area (Å²) in [4.78, 5) is 0. The standard InChI is InChI=1S/C29H29ClO/c1-5-13-24-22(6-2)29(31,25-18-12-19-26(30)27(25)28(24,3)4)23-17-11-10-16-21(23)20-14-8-7-9-15-20/h5-6,8,10-19,31H,2,7,9H2,1,3-4H3/b13-5-. The van der Waals surface area contributed by atoms with Gasteiger partial charge in [0, 0.05) is 16.0 Å². The SMILES string of the molecule is C=CC1=C(/C=C\C)C(C)(C)c2c(Cl)cccc2C1(O)c1ccccc1C1=CCCC=C1. The van der Waals surface area contributed by atoms with Crippen molar-refractivity contribution >= 4 is 17.2 Å². The van der Waals surface area contributed by atoms with Crippen LogP contribution in [0.1, 0.15) is 55.9 Å². The van der Waals surface area contributed by atoms with Gasteiger partial charge in [0.15, 0.2) is 0 Å². The Morgan fingerprint density at radius 1 is 1.00 bits per heavy atom. The topological polar surface area (TPSA) is 20.2 Å². The molecule has 2 aromatic rings. The molecule has 0 amide bonds. The smallest absolute Gasteiger partial charge is 0.141 e. The number of allylic oxidation sites excluding steroid dienone is 7. The van der Waals surface area contributed by atoms with E-state index in [4.69, 9.17) is 11.6 Å². The van der Waals surface area contributed by atoms with Crippen molar-refractivity contribution in [2.75, 3.05) is 0 Å². The second-order valence-corrected chi connectivity index (χ2v) is 9.12. The minimum Gasteiger partial charge on any atom is -0.376 e. The lowest BCUT2D eigenvalue weighted by Gasteiger charge is -2.45. The van der Waals surface area contributed by atoms with E-state index >= 15 is 0 Å². The largest absolute Gasteiger partial charge is 0.376 e. The number of rotatable bonds is 4. The lowest BCUT2D eigenvalue weighted by atomic mass is 9.61. The van der Waals surface area contributed by atoms with E-state index in [1.807, 2.05) is 55.5 Å². The molecule has 2 heteroatoms. The predicted molar refractivity (Wildman–Crippen MR) is 132 cm³/mol. The monoisotopic (exact) mass is 428 g/mol. The molecule has 0 aliphatic heterocycles. The molecular formula is C29H29ClO. The van der Waals surface area contributed by atoms with E-state index in [9.17, 15) is 5.11 Å². The van der Waals surface area contributed by atoms with E-state index < -0.39 is 5.60 Å². The van der Waals surface area contributed by atoms with Gasteiger partial charge in [-0.1, -0.05) is 105 Å². The molecule has 2 aliphatic carbocycles. The summed E-state index contributed by atoms with van der Waals surface area (Å²) in [5.74, 6) is 0. The molecule has 0 fully saturated rings. The third-order valence-corrected chi connectivity index (χ3v) is 6.86. The highest BCUT2D eigenvalue weighted by Crippen LogP contribution is 2.54. The van der Waals surface area contributed by atoms with E-state index in [1.54, 1.807) is 0 Å². The van der Waals surface area contributed by atoms with Gasteiger partial charge in [0.25, 0.3) is 0 Å². The van der Waals surface area contributed by atoms with Gasteiger partial charge >= 0.3 is 0 Å². The number of halogens is 1. The molecule has 2 aliphatic rings. The molecule has 4 rings (SSSR count). The molecule has 1 N–H and O–H groups in total. The Hall–Kier alpha value is -2.61. The van der Waals surface area contributed by atoms with Crippen molar-refractivity contribution in [3.05, 3.63) is 124 Å². The molecular weight excluding hydrogens is 400 g/mol. The van der Waals surface area contributed by atoms with Crippen molar-refractivity contribution < 1.29 is 5.11 Å². The summed E-state index contributed by atoms with van der Waals surface area (Å²) in [5.41, 5.74) is 4.88. The number of benzene rings is 2. The molecule has 0 saturated heterocycles. The summed E-state index contributed by atoms with van der Waals surface area (Å²) >= 11 is 6.78. The van der Waals surface area contributed by atoms with Crippen LogP contribution in [0.2, 0.25) is 5.02 Å². The van der Waals surface area contributed by atoms with Crippen molar-refractivity contribution in [1.82, 2.24) is 0 Å². The number of fused-ring (bicyclic) bond motifs is 1. The van der Waals surface area contributed by atoms with Crippen molar-refractivity contribution in [2.45, 2.75) is 44.6 Å². The lowest BCUT2D eigenvalue weighted by molar-refractivity contribution is 0.116. The molecule has 1 unspecified atom stereocenters. The predicted octanol–water partition coefficient (Wildman–Crippen LogP) is 7.66. The van der Waals surface area contributed by atoms with Gasteiger partial charge in [-0.05, 0) is 59.2 Å². The first kappa shape index (κ1) is 21.6. The average Bonchev–Trinajstić information content (AvgIpc) is 2.78. The van der Waals surface area contributed by atoms with Gasteiger partial charge < -0.3 is 5.11 Å². The molecule has 0 heterocycles. The molecule has 0 radical (unpaired) electrons. The summed E-state index contributed by atoms with van der Waals surface area (Å²) in [5, 5.41) is 13.3. The molecule has 0 spiro atoms. The van der Waals surface area contributed by atoms with Crippen LogP contribution in [0.15, 0.2) is 96.6 Å². The Morgan fingerprint density at radius 2 is 1.74 bits per heavy atom. The Labute approximate surface area is 190 Å². The van der Waals surface area contributed by atoms with Crippen LogP contribution in [0, 0.1) is 0 Å². The van der Waals surface area contributed by atoms with Crippen molar-refractivity contribution in [3.63, 3.8) is 0 Å². The van der Waals surface area contributed by atoms with Gasteiger partial charge in [-0.3, -0.25) is 0 Å². The quantitative estimate of drug-likeness (QED) is 0.529. The first-order valence-corrected chi connectivity index (χ1v) is 11.2. The number of hydrogen-bond donors (Lipinski definition) is 1. The molecule has 0 aromatic heterocycles. The summed E-state index contributed by atoms with van der Waals surface area (Å²) in [6.45, 7) is 10.4. The van der Waals surface area contributed by atoms with Crippen LogP contribution in [-0.4, -0.2) is 5.11 Å². The van der Waals surface area contributed by atoms with Gasteiger partial charge in [0.1, 0.15) is 5.60 Å². The first-order chi connectivity index (χ1) is 14.9. The van der Waals surface area contributed by atoms with Crippen LogP contribution in [0.4, 0.5) is 0 Å². The Morgan fingerprint density at radius 3 is 2.42 bits per heavy atom. The normalized spacial score (nSPS) is 22.4. The van der Waals surface area contributed by atoms with Crippen molar-refractivity contribution in [2.24, 2.45) is 0 Å². The molecule has 1 atom stereocenters. The summed E-state index contributed by atoms with van der Waals surface area (Å²) in [6.07, 6.45) is 14.5. The Balaban J connectivity index is 2.14. The van der Waals surface area contributed by atoms with E-state index in [1.165, 1.54) is 0 Å². The van der Waals surface area contributed by atoms with E-state index in [2.05, 4.69) is 50.8 Å². The zero-order valence-corrected chi connectivity index (χ0v) is 19.2.